The van der Waals surface area contributed by atoms with Gasteiger partial charge in [0.25, 0.3) is 5.91 Å². The molecular weight excluding hydrogens is 436 g/mol. The second kappa shape index (κ2) is 10.2. The molecule has 1 amide bonds. The lowest BCUT2D eigenvalue weighted by Crippen LogP contribution is -2.40. The summed E-state index contributed by atoms with van der Waals surface area (Å²) in [4.78, 5) is 14.6. The first-order chi connectivity index (χ1) is 15.3. The van der Waals surface area contributed by atoms with Crippen LogP contribution in [0, 0.1) is 0 Å². The van der Waals surface area contributed by atoms with Crippen molar-refractivity contribution in [3.63, 3.8) is 0 Å². The number of benzene rings is 2. The Morgan fingerprint density at radius 1 is 1.00 bits per heavy atom. The van der Waals surface area contributed by atoms with E-state index >= 15 is 0 Å². The van der Waals surface area contributed by atoms with Crippen LogP contribution in [-0.4, -0.2) is 66.9 Å². The summed E-state index contributed by atoms with van der Waals surface area (Å²) >= 11 is 0. The first-order valence-corrected chi connectivity index (χ1v) is 11.6. The standard InChI is InChI=1S/C22H28N2O7S/c1-15(18-13-16(28-2)5-7-20(18)29-3)23-32(26,27)17-6-8-21(30-4)19(14-17)22(25)24-9-11-31-12-10-24/h5-8,13-15,23H,9-12H2,1-4H3/t15-/m1/s1. The minimum atomic E-state index is -3.96. The molecule has 0 saturated carbocycles. The van der Waals surface area contributed by atoms with Crippen molar-refractivity contribution in [1.82, 2.24) is 9.62 Å². The summed E-state index contributed by atoms with van der Waals surface area (Å²) < 4.78 is 50.2. The highest BCUT2D eigenvalue weighted by atomic mass is 32.2. The van der Waals surface area contributed by atoms with Gasteiger partial charge in [0.05, 0.1) is 45.0 Å². The average Bonchev–Trinajstić information content (AvgIpc) is 2.82. The van der Waals surface area contributed by atoms with Gasteiger partial charge in [0, 0.05) is 24.7 Å². The second-order valence-corrected chi connectivity index (χ2v) is 8.93. The number of methoxy groups -OCH3 is 3. The third-order valence-electron chi connectivity index (χ3n) is 5.25. The molecule has 0 unspecified atom stereocenters. The van der Waals surface area contributed by atoms with Crippen LogP contribution in [0.1, 0.15) is 28.9 Å². The quantitative estimate of drug-likeness (QED) is 0.639. The van der Waals surface area contributed by atoms with E-state index in [0.29, 0.717) is 49.1 Å². The molecule has 0 spiro atoms. The van der Waals surface area contributed by atoms with Gasteiger partial charge in [-0.1, -0.05) is 0 Å². The Bertz CT molecular complexity index is 1070. The largest absolute Gasteiger partial charge is 0.497 e. The molecule has 0 aromatic heterocycles. The monoisotopic (exact) mass is 464 g/mol. The zero-order chi connectivity index (χ0) is 23.3. The number of amides is 1. The molecule has 0 bridgehead atoms. The number of sulfonamides is 1. The summed E-state index contributed by atoms with van der Waals surface area (Å²) in [6, 6.07) is 8.78. The first-order valence-electron chi connectivity index (χ1n) is 10.1. The van der Waals surface area contributed by atoms with Crippen molar-refractivity contribution in [2.75, 3.05) is 47.6 Å². The molecule has 1 N–H and O–H groups in total. The van der Waals surface area contributed by atoms with Crippen molar-refractivity contribution in [2.24, 2.45) is 0 Å². The maximum absolute atomic E-state index is 13.2. The van der Waals surface area contributed by atoms with Crippen LogP contribution >= 0.6 is 0 Å². The van der Waals surface area contributed by atoms with Crippen molar-refractivity contribution in [3.8, 4) is 17.2 Å². The predicted octanol–water partition coefficient (Wildman–Crippen LogP) is 2.22. The van der Waals surface area contributed by atoms with Gasteiger partial charge in [0.15, 0.2) is 0 Å². The summed E-state index contributed by atoms with van der Waals surface area (Å²) in [6.45, 7) is 3.45. The Morgan fingerprint density at radius 2 is 1.66 bits per heavy atom. The molecule has 0 radical (unpaired) electrons. The van der Waals surface area contributed by atoms with Gasteiger partial charge in [-0.25, -0.2) is 13.1 Å². The SMILES string of the molecule is COc1ccc(OC)c([C@@H](C)NS(=O)(=O)c2ccc(OC)c(C(=O)N3CCOCC3)c2)c1. The lowest BCUT2D eigenvalue weighted by Gasteiger charge is -2.27. The summed E-state index contributed by atoms with van der Waals surface area (Å²) in [7, 11) is 0.524. The molecule has 2 aromatic rings. The van der Waals surface area contributed by atoms with Gasteiger partial charge in [-0.3, -0.25) is 4.79 Å². The molecule has 1 heterocycles. The van der Waals surface area contributed by atoms with Gasteiger partial charge in [0.2, 0.25) is 10.0 Å². The second-order valence-electron chi connectivity index (χ2n) is 7.22. The van der Waals surface area contributed by atoms with Gasteiger partial charge in [-0.2, -0.15) is 0 Å². The number of ether oxygens (including phenoxy) is 4. The summed E-state index contributed by atoms with van der Waals surface area (Å²) in [6.07, 6.45) is 0. The third-order valence-corrected chi connectivity index (χ3v) is 6.78. The third kappa shape index (κ3) is 5.14. The number of nitrogens with one attached hydrogen (secondary N) is 1. The van der Waals surface area contributed by atoms with E-state index in [9.17, 15) is 13.2 Å². The van der Waals surface area contributed by atoms with Crippen molar-refractivity contribution in [1.29, 1.82) is 0 Å². The van der Waals surface area contributed by atoms with Crippen molar-refractivity contribution < 1.29 is 32.2 Å². The normalized spacial score (nSPS) is 15.2. The van der Waals surface area contributed by atoms with E-state index in [4.69, 9.17) is 18.9 Å². The van der Waals surface area contributed by atoms with Crippen molar-refractivity contribution >= 4 is 15.9 Å². The van der Waals surface area contributed by atoms with Crippen molar-refractivity contribution in [2.45, 2.75) is 17.9 Å². The van der Waals surface area contributed by atoms with Gasteiger partial charge in [-0.05, 0) is 43.3 Å². The Hall–Kier alpha value is -2.82. The maximum atomic E-state index is 13.2. The van der Waals surface area contributed by atoms with Crippen molar-refractivity contribution in [3.05, 3.63) is 47.5 Å². The van der Waals surface area contributed by atoms with E-state index in [1.54, 1.807) is 30.0 Å². The Morgan fingerprint density at radius 3 is 2.28 bits per heavy atom. The van der Waals surface area contributed by atoms with Crippen LogP contribution in [0.25, 0.3) is 0 Å². The smallest absolute Gasteiger partial charge is 0.257 e. The highest BCUT2D eigenvalue weighted by Gasteiger charge is 2.26. The molecule has 3 rings (SSSR count). The molecule has 174 valence electrons. The number of carbonyl (C=O) groups excluding carboxylic acids is 1. The number of morpholine rings is 1. The number of hydrogen-bond donors (Lipinski definition) is 1. The highest BCUT2D eigenvalue weighted by molar-refractivity contribution is 7.89. The van der Waals surface area contributed by atoms with Gasteiger partial charge < -0.3 is 23.8 Å². The predicted molar refractivity (Wildman–Crippen MR) is 118 cm³/mol. The van der Waals surface area contributed by atoms with Crippen LogP contribution in [-0.2, 0) is 14.8 Å². The van der Waals surface area contributed by atoms with Crippen LogP contribution in [0.4, 0.5) is 0 Å². The molecule has 32 heavy (non-hydrogen) atoms. The fourth-order valence-electron chi connectivity index (χ4n) is 3.50. The molecular formula is C22H28N2O7S. The van der Waals surface area contributed by atoms with E-state index < -0.39 is 16.1 Å². The summed E-state index contributed by atoms with van der Waals surface area (Å²) in [5, 5.41) is 0. The Balaban J connectivity index is 1.90. The summed E-state index contributed by atoms with van der Waals surface area (Å²) in [5.74, 6) is 1.11. The first kappa shape index (κ1) is 23.8. The van der Waals surface area contributed by atoms with Gasteiger partial charge in [0.1, 0.15) is 17.2 Å². The maximum Gasteiger partial charge on any atom is 0.257 e. The van der Waals surface area contributed by atoms with E-state index in [0.717, 1.165) is 0 Å². The fraction of sp³-hybridized carbons (Fsp3) is 0.409. The van der Waals surface area contributed by atoms with Gasteiger partial charge in [-0.15, -0.1) is 0 Å². The molecule has 1 atom stereocenters. The van der Waals surface area contributed by atoms with Crippen LogP contribution in [0.2, 0.25) is 0 Å². The number of hydrogen-bond acceptors (Lipinski definition) is 7. The molecule has 1 aliphatic rings. The summed E-state index contributed by atoms with van der Waals surface area (Å²) in [5.41, 5.74) is 0.803. The zero-order valence-electron chi connectivity index (χ0n) is 18.6. The minimum absolute atomic E-state index is 0.0383. The van der Waals surface area contributed by atoms with Crippen LogP contribution in [0.5, 0.6) is 17.2 Å². The number of carbonyl (C=O) groups is 1. The molecule has 1 fully saturated rings. The molecule has 2 aromatic carbocycles. The molecule has 9 nitrogen and oxygen atoms in total. The van der Waals surface area contributed by atoms with Crippen LogP contribution in [0.15, 0.2) is 41.3 Å². The zero-order valence-corrected chi connectivity index (χ0v) is 19.4. The average molecular weight is 465 g/mol. The van der Waals surface area contributed by atoms with Gasteiger partial charge >= 0.3 is 0 Å². The molecule has 10 heteroatoms. The fourth-order valence-corrected chi connectivity index (χ4v) is 4.75. The number of nitrogens with zero attached hydrogens (tertiary/aromatic N) is 1. The topological polar surface area (TPSA) is 103 Å². The lowest BCUT2D eigenvalue weighted by molar-refractivity contribution is 0.0300. The van der Waals surface area contributed by atoms with E-state index in [-0.39, 0.29) is 16.4 Å². The Kier molecular flexibility index (Phi) is 7.60. The molecule has 1 saturated heterocycles. The van der Waals surface area contributed by atoms with E-state index in [1.165, 1.54) is 39.5 Å². The minimum Gasteiger partial charge on any atom is -0.497 e. The van der Waals surface area contributed by atoms with Crippen LogP contribution in [0.3, 0.4) is 0 Å². The van der Waals surface area contributed by atoms with E-state index in [2.05, 4.69) is 4.72 Å². The van der Waals surface area contributed by atoms with Crippen LogP contribution < -0.4 is 18.9 Å². The Labute approximate surface area is 188 Å². The molecule has 1 aliphatic heterocycles. The highest BCUT2D eigenvalue weighted by Crippen LogP contribution is 2.31. The lowest BCUT2D eigenvalue weighted by atomic mass is 10.1. The number of rotatable bonds is 8. The molecule has 0 aliphatic carbocycles. The van der Waals surface area contributed by atoms with E-state index in [1.807, 2.05) is 0 Å².